The number of fused-ring (bicyclic) bond motifs is 2. The number of carbonyl (C=O) groups excluding carboxylic acids is 1. The number of alkyl halides is 2. The summed E-state index contributed by atoms with van der Waals surface area (Å²) in [5.41, 5.74) is -0.0485. The Morgan fingerprint density at radius 1 is 1.17 bits per heavy atom. The van der Waals surface area contributed by atoms with Crippen LogP contribution in [0.25, 0.3) is 22.6 Å². The SMILES string of the molecule is CC1(C)C(=O)Nc2nc(-c3nn(Cc4ccccc4F)c4ncc(F)cc34)nc(NCC(F)F)c21. The number of carbonyl (C=O) groups is 1. The van der Waals surface area contributed by atoms with Crippen LogP contribution in [0.4, 0.5) is 29.2 Å². The van der Waals surface area contributed by atoms with Gasteiger partial charge in [-0.25, -0.2) is 37.2 Å². The molecule has 2 N–H and O–H groups in total. The fourth-order valence-electron chi connectivity index (χ4n) is 4.03. The van der Waals surface area contributed by atoms with Crippen LogP contribution >= 0.6 is 0 Å². The van der Waals surface area contributed by atoms with Crippen LogP contribution < -0.4 is 10.6 Å². The molecule has 8 nitrogen and oxygen atoms in total. The number of nitrogens with zero attached hydrogens (tertiary/aromatic N) is 5. The van der Waals surface area contributed by atoms with E-state index in [2.05, 4.69) is 30.7 Å². The molecule has 0 bridgehead atoms. The lowest BCUT2D eigenvalue weighted by Gasteiger charge is -2.19. The second-order valence-electron chi connectivity index (χ2n) is 8.59. The van der Waals surface area contributed by atoms with Crippen molar-refractivity contribution < 1.29 is 22.4 Å². The third-order valence-corrected chi connectivity index (χ3v) is 5.80. The average Bonchev–Trinajstić information content (AvgIpc) is 3.27. The molecule has 0 fully saturated rings. The van der Waals surface area contributed by atoms with E-state index in [1.165, 1.54) is 16.8 Å². The largest absolute Gasteiger partial charge is 0.364 e. The first kappa shape index (κ1) is 22.7. The first-order valence-electron chi connectivity index (χ1n) is 10.7. The Morgan fingerprint density at radius 2 is 1.94 bits per heavy atom. The van der Waals surface area contributed by atoms with Crippen LogP contribution in [0.2, 0.25) is 0 Å². The van der Waals surface area contributed by atoms with E-state index in [0.717, 1.165) is 6.20 Å². The number of benzene rings is 1. The fourth-order valence-corrected chi connectivity index (χ4v) is 4.03. The average molecular weight is 485 g/mol. The van der Waals surface area contributed by atoms with Gasteiger partial charge in [0.05, 0.1) is 35.7 Å². The minimum atomic E-state index is -2.67. The van der Waals surface area contributed by atoms with Crippen LogP contribution in [0.3, 0.4) is 0 Å². The van der Waals surface area contributed by atoms with E-state index in [9.17, 15) is 22.4 Å². The summed E-state index contributed by atoms with van der Waals surface area (Å²) in [6, 6.07) is 7.31. The first-order chi connectivity index (χ1) is 16.6. The van der Waals surface area contributed by atoms with E-state index in [1.807, 2.05) is 0 Å². The second kappa shape index (κ2) is 8.29. The van der Waals surface area contributed by atoms with Gasteiger partial charge in [-0.2, -0.15) is 5.10 Å². The van der Waals surface area contributed by atoms with Crippen LogP contribution in [0.1, 0.15) is 25.0 Å². The predicted molar refractivity (Wildman–Crippen MR) is 120 cm³/mol. The zero-order valence-electron chi connectivity index (χ0n) is 18.6. The van der Waals surface area contributed by atoms with Crippen molar-refractivity contribution in [3.05, 3.63) is 59.3 Å². The molecule has 1 amide bonds. The molecule has 4 heterocycles. The predicted octanol–water partition coefficient (Wildman–Crippen LogP) is 4.12. The maximum Gasteiger partial charge on any atom is 0.255 e. The lowest BCUT2D eigenvalue weighted by molar-refractivity contribution is -0.119. The van der Waals surface area contributed by atoms with E-state index < -0.39 is 30.0 Å². The Labute approximate surface area is 196 Å². The summed E-state index contributed by atoms with van der Waals surface area (Å²) >= 11 is 0. The fraction of sp³-hybridized carbons (Fsp3) is 0.261. The van der Waals surface area contributed by atoms with Crippen LogP contribution in [0.15, 0.2) is 36.5 Å². The molecule has 0 saturated heterocycles. The lowest BCUT2D eigenvalue weighted by atomic mass is 9.87. The van der Waals surface area contributed by atoms with Gasteiger partial charge in [0.25, 0.3) is 6.43 Å². The van der Waals surface area contributed by atoms with Gasteiger partial charge in [-0.1, -0.05) is 18.2 Å². The van der Waals surface area contributed by atoms with Crippen LogP contribution in [0.5, 0.6) is 0 Å². The number of halogens is 4. The Balaban J connectivity index is 1.68. The third kappa shape index (κ3) is 3.94. The van der Waals surface area contributed by atoms with Crippen LogP contribution in [-0.4, -0.2) is 43.6 Å². The van der Waals surface area contributed by atoms with Gasteiger partial charge in [-0.3, -0.25) is 4.79 Å². The maximum absolute atomic E-state index is 14.3. The van der Waals surface area contributed by atoms with Gasteiger partial charge in [0.2, 0.25) is 5.91 Å². The molecule has 0 aliphatic carbocycles. The Morgan fingerprint density at radius 3 is 2.69 bits per heavy atom. The quantitative estimate of drug-likeness (QED) is 0.399. The number of hydrogen-bond donors (Lipinski definition) is 2. The molecule has 0 unspecified atom stereocenters. The van der Waals surface area contributed by atoms with Crippen molar-refractivity contribution in [2.75, 3.05) is 17.2 Å². The lowest BCUT2D eigenvalue weighted by Crippen LogP contribution is -2.28. The van der Waals surface area contributed by atoms with E-state index in [4.69, 9.17) is 0 Å². The van der Waals surface area contributed by atoms with Crippen LogP contribution in [-0.2, 0) is 16.8 Å². The molecule has 1 aromatic carbocycles. The Kier molecular flexibility index (Phi) is 5.37. The summed E-state index contributed by atoms with van der Waals surface area (Å²) in [4.78, 5) is 25.4. The maximum atomic E-state index is 14.3. The molecule has 180 valence electrons. The molecule has 35 heavy (non-hydrogen) atoms. The summed E-state index contributed by atoms with van der Waals surface area (Å²) in [7, 11) is 0. The van der Waals surface area contributed by atoms with Crippen molar-refractivity contribution >= 4 is 28.6 Å². The highest BCUT2D eigenvalue weighted by Gasteiger charge is 2.43. The molecule has 0 radical (unpaired) electrons. The van der Waals surface area contributed by atoms with Gasteiger partial charge in [0.15, 0.2) is 11.5 Å². The molecule has 0 atom stereocenters. The second-order valence-corrected chi connectivity index (χ2v) is 8.59. The number of pyridine rings is 1. The molecule has 4 aromatic rings. The molecule has 0 saturated carbocycles. The highest BCUT2D eigenvalue weighted by molar-refractivity contribution is 6.06. The Bertz CT molecular complexity index is 1470. The van der Waals surface area contributed by atoms with Crippen LogP contribution in [0, 0.1) is 11.6 Å². The summed E-state index contributed by atoms with van der Waals surface area (Å²) in [5.74, 6) is -1.32. The highest BCUT2D eigenvalue weighted by Crippen LogP contribution is 2.42. The number of hydrogen-bond acceptors (Lipinski definition) is 6. The highest BCUT2D eigenvalue weighted by atomic mass is 19.3. The summed E-state index contributed by atoms with van der Waals surface area (Å²) in [6.07, 6.45) is -1.66. The summed E-state index contributed by atoms with van der Waals surface area (Å²) < 4.78 is 55.8. The standard InChI is InChI=1S/C23H19F4N7O/c1-23(2)16-18(28-9-15(26)27)30-20(31-19(16)32-22(23)35)17-13-7-12(24)8-29-21(13)34(33-17)10-11-5-3-4-6-14(11)25/h3-8,15H,9-10H2,1-2H3,(H2,28,30,31,32,35). The van der Waals surface area contributed by atoms with E-state index in [-0.39, 0.29) is 46.6 Å². The number of amides is 1. The molecular weight excluding hydrogens is 466 g/mol. The number of anilines is 2. The number of aromatic nitrogens is 5. The molecular formula is C23H19F4N7O. The van der Waals surface area contributed by atoms with Crippen molar-refractivity contribution in [3.8, 4) is 11.5 Å². The summed E-state index contributed by atoms with van der Waals surface area (Å²) in [5, 5.41) is 9.93. The van der Waals surface area contributed by atoms with Gasteiger partial charge in [-0.15, -0.1) is 0 Å². The van der Waals surface area contributed by atoms with E-state index >= 15 is 0 Å². The van der Waals surface area contributed by atoms with Gasteiger partial charge < -0.3 is 10.6 Å². The van der Waals surface area contributed by atoms with E-state index in [0.29, 0.717) is 11.1 Å². The van der Waals surface area contributed by atoms with Gasteiger partial charge in [0, 0.05) is 5.56 Å². The molecule has 0 spiro atoms. The number of nitrogens with one attached hydrogen (secondary N) is 2. The van der Waals surface area contributed by atoms with Crippen molar-refractivity contribution in [3.63, 3.8) is 0 Å². The Hall–Kier alpha value is -4.09. The van der Waals surface area contributed by atoms with Crippen molar-refractivity contribution in [1.29, 1.82) is 0 Å². The van der Waals surface area contributed by atoms with Gasteiger partial charge >= 0.3 is 0 Å². The zero-order valence-corrected chi connectivity index (χ0v) is 18.6. The molecule has 3 aromatic heterocycles. The zero-order chi connectivity index (χ0) is 24.9. The topological polar surface area (TPSA) is 97.6 Å². The van der Waals surface area contributed by atoms with Gasteiger partial charge in [-0.05, 0) is 26.0 Å². The smallest absolute Gasteiger partial charge is 0.255 e. The van der Waals surface area contributed by atoms with E-state index in [1.54, 1.807) is 32.0 Å². The molecule has 5 rings (SSSR count). The summed E-state index contributed by atoms with van der Waals surface area (Å²) in [6.45, 7) is 2.55. The number of rotatable bonds is 6. The minimum Gasteiger partial charge on any atom is -0.364 e. The molecule has 12 heteroatoms. The van der Waals surface area contributed by atoms with Gasteiger partial charge in [0.1, 0.15) is 29.0 Å². The third-order valence-electron chi connectivity index (χ3n) is 5.80. The van der Waals surface area contributed by atoms with Crippen molar-refractivity contribution in [1.82, 2.24) is 24.7 Å². The normalized spacial score (nSPS) is 14.4. The van der Waals surface area contributed by atoms with Crippen molar-refractivity contribution in [2.45, 2.75) is 32.2 Å². The molecule has 1 aliphatic rings. The monoisotopic (exact) mass is 485 g/mol. The van der Waals surface area contributed by atoms with Crippen molar-refractivity contribution in [2.24, 2.45) is 0 Å². The minimum absolute atomic E-state index is 0.00694. The molecule has 1 aliphatic heterocycles. The first-order valence-corrected chi connectivity index (χ1v) is 10.7.